The standard InChI is InChI=1S/C12H15N5O/c1-7-5-6-15-12(14)10(7)11(13)8-3-4-9(18-2)17-16-8/h3-6,11H,13H2,1-2H3,(H2,14,15). The van der Waals surface area contributed by atoms with Gasteiger partial charge >= 0.3 is 0 Å². The molecule has 2 rings (SSSR count). The third-order valence-corrected chi connectivity index (χ3v) is 2.74. The Labute approximate surface area is 105 Å². The fraction of sp³-hybridized carbons (Fsp3) is 0.250. The lowest BCUT2D eigenvalue weighted by Gasteiger charge is -2.15. The molecule has 18 heavy (non-hydrogen) atoms. The largest absolute Gasteiger partial charge is 0.480 e. The maximum absolute atomic E-state index is 6.15. The second-order valence-electron chi connectivity index (χ2n) is 3.90. The fourth-order valence-corrected chi connectivity index (χ4v) is 1.75. The van der Waals surface area contributed by atoms with Crippen molar-refractivity contribution in [1.82, 2.24) is 15.2 Å². The highest BCUT2D eigenvalue weighted by Crippen LogP contribution is 2.25. The zero-order chi connectivity index (χ0) is 13.1. The molecule has 2 aromatic rings. The fourth-order valence-electron chi connectivity index (χ4n) is 1.75. The number of aryl methyl sites for hydroxylation is 1. The maximum atomic E-state index is 6.15. The molecular formula is C12H15N5O. The minimum absolute atomic E-state index is 0.417. The van der Waals surface area contributed by atoms with Crippen LogP contribution in [-0.4, -0.2) is 22.3 Å². The van der Waals surface area contributed by atoms with Crippen LogP contribution in [0.25, 0.3) is 0 Å². The van der Waals surface area contributed by atoms with E-state index >= 15 is 0 Å². The van der Waals surface area contributed by atoms with Gasteiger partial charge < -0.3 is 16.2 Å². The third-order valence-electron chi connectivity index (χ3n) is 2.74. The summed E-state index contributed by atoms with van der Waals surface area (Å²) < 4.78 is 4.95. The van der Waals surface area contributed by atoms with Crippen molar-refractivity contribution in [2.24, 2.45) is 5.73 Å². The number of pyridine rings is 1. The molecule has 0 radical (unpaired) electrons. The molecular weight excluding hydrogens is 230 g/mol. The topological polar surface area (TPSA) is 99.9 Å². The number of hydrogen-bond acceptors (Lipinski definition) is 6. The summed E-state index contributed by atoms with van der Waals surface area (Å²) in [6.45, 7) is 1.93. The summed E-state index contributed by atoms with van der Waals surface area (Å²) in [6.07, 6.45) is 1.65. The van der Waals surface area contributed by atoms with E-state index in [2.05, 4.69) is 15.2 Å². The third kappa shape index (κ3) is 2.23. The molecule has 0 aromatic carbocycles. The van der Waals surface area contributed by atoms with Crippen LogP contribution in [0.15, 0.2) is 24.4 Å². The van der Waals surface area contributed by atoms with Gasteiger partial charge in [0.15, 0.2) is 0 Å². The Morgan fingerprint density at radius 3 is 2.56 bits per heavy atom. The molecule has 1 unspecified atom stereocenters. The van der Waals surface area contributed by atoms with Crippen molar-refractivity contribution in [1.29, 1.82) is 0 Å². The van der Waals surface area contributed by atoms with Crippen molar-refractivity contribution >= 4 is 5.82 Å². The first kappa shape index (κ1) is 12.3. The highest BCUT2D eigenvalue weighted by molar-refractivity contribution is 5.48. The molecule has 0 saturated carbocycles. The average molecular weight is 245 g/mol. The number of ether oxygens (including phenoxy) is 1. The van der Waals surface area contributed by atoms with E-state index in [1.807, 2.05) is 13.0 Å². The molecule has 1 atom stereocenters. The van der Waals surface area contributed by atoms with Gasteiger partial charge in [-0.1, -0.05) is 0 Å². The first-order valence-corrected chi connectivity index (χ1v) is 5.47. The summed E-state index contributed by atoms with van der Waals surface area (Å²) >= 11 is 0. The lowest BCUT2D eigenvalue weighted by Crippen LogP contribution is -2.18. The van der Waals surface area contributed by atoms with Gasteiger partial charge in [0, 0.05) is 17.8 Å². The van der Waals surface area contributed by atoms with Gasteiger partial charge in [0.25, 0.3) is 0 Å². The zero-order valence-corrected chi connectivity index (χ0v) is 10.3. The molecule has 94 valence electrons. The van der Waals surface area contributed by atoms with Crippen molar-refractivity contribution in [3.63, 3.8) is 0 Å². The van der Waals surface area contributed by atoms with Crippen molar-refractivity contribution in [3.05, 3.63) is 41.2 Å². The molecule has 0 amide bonds. The normalized spacial score (nSPS) is 12.2. The monoisotopic (exact) mass is 245 g/mol. The summed E-state index contributed by atoms with van der Waals surface area (Å²) in [4.78, 5) is 4.05. The van der Waals surface area contributed by atoms with E-state index in [1.165, 1.54) is 7.11 Å². The minimum Gasteiger partial charge on any atom is -0.480 e. The van der Waals surface area contributed by atoms with E-state index in [9.17, 15) is 0 Å². The number of nitrogens with zero attached hydrogens (tertiary/aromatic N) is 3. The van der Waals surface area contributed by atoms with Gasteiger partial charge in [-0.15, -0.1) is 10.2 Å². The quantitative estimate of drug-likeness (QED) is 0.830. The molecule has 4 N–H and O–H groups in total. The number of aromatic nitrogens is 3. The molecule has 0 aliphatic rings. The van der Waals surface area contributed by atoms with Gasteiger partial charge in [-0.3, -0.25) is 0 Å². The van der Waals surface area contributed by atoms with Crippen molar-refractivity contribution in [2.75, 3.05) is 12.8 Å². The van der Waals surface area contributed by atoms with E-state index < -0.39 is 6.04 Å². The first-order chi connectivity index (χ1) is 8.63. The van der Waals surface area contributed by atoms with Crippen LogP contribution in [0.1, 0.15) is 22.9 Å². The summed E-state index contributed by atoms with van der Waals surface area (Å²) in [5, 5.41) is 7.91. The Morgan fingerprint density at radius 1 is 1.22 bits per heavy atom. The van der Waals surface area contributed by atoms with Crippen LogP contribution in [0.4, 0.5) is 5.82 Å². The number of nitrogens with two attached hydrogens (primary N) is 2. The minimum atomic E-state index is -0.447. The van der Waals surface area contributed by atoms with Crippen LogP contribution in [0.3, 0.4) is 0 Å². The summed E-state index contributed by atoms with van der Waals surface area (Å²) in [6, 6.07) is 4.90. The highest BCUT2D eigenvalue weighted by atomic mass is 16.5. The summed E-state index contributed by atoms with van der Waals surface area (Å²) in [5.41, 5.74) is 14.4. The highest BCUT2D eigenvalue weighted by Gasteiger charge is 2.17. The number of hydrogen-bond donors (Lipinski definition) is 2. The van der Waals surface area contributed by atoms with Gasteiger partial charge in [-0.05, 0) is 24.6 Å². The molecule has 0 saturated heterocycles. The molecule has 2 aromatic heterocycles. The molecule has 0 aliphatic heterocycles. The Bertz CT molecular complexity index is 520. The molecule has 0 bridgehead atoms. The Hall–Kier alpha value is -2.21. The van der Waals surface area contributed by atoms with E-state index in [0.29, 0.717) is 17.4 Å². The van der Waals surface area contributed by atoms with Crippen molar-refractivity contribution < 1.29 is 4.74 Å². The average Bonchev–Trinajstić information content (AvgIpc) is 2.38. The van der Waals surface area contributed by atoms with Crippen LogP contribution in [0, 0.1) is 6.92 Å². The van der Waals surface area contributed by atoms with Gasteiger partial charge in [0.2, 0.25) is 5.88 Å². The lowest BCUT2D eigenvalue weighted by molar-refractivity contribution is 0.390. The number of nitrogen functional groups attached to an aromatic ring is 1. The predicted molar refractivity (Wildman–Crippen MR) is 68.0 cm³/mol. The second-order valence-corrected chi connectivity index (χ2v) is 3.90. The van der Waals surface area contributed by atoms with Crippen LogP contribution in [0.5, 0.6) is 5.88 Å². The molecule has 0 aliphatic carbocycles. The van der Waals surface area contributed by atoms with Crippen LogP contribution in [-0.2, 0) is 0 Å². The Kier molecular flexibility index (Phi) is 3.38. The van der Waals surface area contributed by atoms with Crippen molar-refractivity contribution in [2.45, 2.75) is 13.0 Å². The SMILES string of the molecule is COc1ccc(C(N)c2c(C)ccnc2N)nn1. The van der Waals surface area contributed by atoms with Crippen LogP contribution < -0.4 is 16.2 Å². The van der Waals surface area contributed by atoms with E-state index in [0.717, 1.165) is 11.1 Å². The van der Waals surface area contributed by atoms with Gasteiger partial charge in [0.1, 0.15) is 5.82 Å². The summed E-state index contributed by atoms with van der Waals surface area (Å²) in [7, 11) is 1.53. The smallest absolute Gasteiger partial charge is 0.233 e. The van der Waals surface area contributed by atoms with Crippen molar-refractivity contribution in [3.8, 4) is 5.88 Å². The zero-order valence-electron chi connectivity index (χ0n) is 10.3. The van der Waals surface area contributed by atoms with E-state index in [1.54, 1.807) is 18.3 Å². The number of rotatable bonds is 3. The van der Waals surface area contributed by atoms with E-state index in [-0.39, 0.29) is 0 Å². The molecule has 2 heterocycles. The van der Waals surface area contributed by atoms with Gasteiger partial charge in [-0.25, -0.2) is 4.98 Å². The first-order valence-electron chi connectivity index (χ1n) is 5.47. The number of methoxy groups -OCH3 is 1. The summed E-state index contributed by atoms with van der Waals surface area (Å²) in [5.74, 6) is 0.863. The maximum Gasteiger partial charge on any atom is 0.233 e. The molecule has 0 fully saturated rings. The van der Waals surface area contributed by atoms with E-state index in [4.69, 9.17) is 16.2 Å². The Morgan fingerprint density at radius 2 is 2.00 bits per heavy atom. The lowest BCUT2D eigenvalue weighted by atomic mass is 10.0. The van der Waals surface area contributed by atoms with Crippen LogP contribution in [0.2, 0.25) is 0 Å². The second kappa shape index (κ2) is 4.97. The molecule has 6 heteroatoms. The van der Waals surface area contributed by atoms with Crippen LogP contribution >= 0.6 is 0 Å². The molecule has 6 nitrogen and oxygen atoms in total. The molecule has 0 spiro atoms. The van der Waals surface area contributed by atoms with Gasteiger partial charge in [-0.2, -0.15) is 0 Å². The number of anilines is 1. The van der Waals surface area contributed by atoms with Gasteiger partial charge in [0.05, 0.1) is 18.8 Å². The Balaban J connectivity index is 2.38. The predicted octanol–water partition coefficient (Wildman–Crippen LogP) is 0.819.